The number of hydrogen-bond acceptors (Lipinski definition) is 6. The van der Waals surface area contributed by atoms with Gasteiger partial charge < -0.3 is 14.5 Å². The molecule has 174 valence electrons. The number of anilines is 1. The van der Waals surface area contributed by atoms with Crippen LogP contribution in [0.4, 0.5) is 19.0 Å². The Bertz CT molecular complexity index is 1080. The molecule has 1 amide bonds. The maximum atomic E-state index is 13.2. The molecule has 0 aliphatic carbocycles. The molecule has 7 nitrogen and oxygen atoms in total. The molecule has 0 saturated carbocycles. The van der Waals surface area contributed by atoms with Crippen molar-refractivity contribution in [1.29, 1.82) is 0 Å². The largest absolute Gasteiger partial charge is 0.480 e. The summed E-state index contributed by atoms with van der Waals surface area (Å²) in [6, 6.07) is 7.11. The number of amides is 1. The van der Waals surface area contributed by atoms with Gasteiger partial charge in [0.25, 0.3) is 5.91 Å². The molecule has 0 radical (unpaired) electrons. The number of carbonyl (C=O) groups excluding carboxylic acids is 1. The molecular weight excluding hydrogens is 447 g/mol. The predicted molar refractivity (Wildman–Crippen MR) is 113 cm³/mol. The van der Waals surface area contributed by atoms with Crippen molar-refractivity contribution in [3.63, 3.8) is 0 Å². The molecule has 32 heavy (non-hydrogen) atoms. The monoisotopic (exact) mass is 471 g/mol. The molecule has 1 atom stereocenters. The van der Waals surface area contributed by atoms with Crippen molar-refractivity contribution < 1.29 is 31.1 Å². The van der Waals surface area contributed by atoms with E-state index >= 15 is 0 Å². The summed E-state index contributed by atoms with van der Waals surface area (Å²) in [6.45, 7) is 4.30. The second kappa shape index (κ2) is 8.97. The third-order valence-electron chi connectivity index (χ3n) is 5.16. The zero-order valence-electron chi connectivity index (χ0n) is 17.9. The van der Waals surface area contributed by atoms with Crippen LogP contribution in [-0.4, -0.2) is 68.9 Å². The van der Waals surface area contributed by atoms with Crippen LogP contribution in [-0.2, 0) is 9.84 Å². The van der Waals surface area contributed by atoms with Gasteiger partial charge in [0.05, 0.1) is 10.5 Å². The van der Waals surface area contributed by atoms with Crippen LogP contribution < -0.4 is 9.64 Å². The molecule has 1 aromatic carbocycles. The maximum Gasteiger partial charge on any atom is 0.425 e. The molecule has 11 heteroatoms. The number of halogens is 3. The van der Waals surface area contributed by atoms with Crippen LogP contribution in [0.1, 0.15) is 22.8 Å². The molecule has 3 rings (SSSR count). The van der Waals surface area contributed by atoms with Gasteiger partial charge in [-0.05, 0) is 43.7 Å². The number of piperazine rings is 1. The summed E-state index contributed by atoms with van der Waals surface area (Å²) in [5.41, 5.74) is 0.805. The van der Waals surface area contributed by atoms with Crippen LogP contribution in [0.25, 0.3) is 0 Å². The first-order valence-electron chi connectivity index (χ1n) is 9.90. The van der Waals surface area contributed by atoms with Crippen molar-refractivity contribution in [2.75, 3.05) is 37.3 Å². The fraction of sp³-hybridized carbons (Fsp3) is 0.429. The van der Waals surface area contributed by atoms with Crippen molar-refractivity contribution in [3.05, 3.63) is 47.7 Å². The van der Waals surface area contributed by atoms with Crippen LogP contribution in [0.5, 0.6) is 5.75 Å². The summed E-state index contributed by atoms with van der Waals surface area (Å²) in [6.07, 6.45) is -4.09. The average Bonchev–Trinajstić information content (AvgIpc) is 2.73. The molecular formula is C21H24F3N3O4S. The van der Waals surface area contributed by atoms with Crippen LogP contribution in [0, 0.1) is 6.92 Å². The first kappa shape index (κ1) is 23.8. The number of aromatic nitrogens is 1. The van der Waals surface area contributed by atoms with E-state index in [0.717, 1.165) is 42.8 Å². The second-order valence-corrected chi connectivity index (χ2v) is 9.72. The SMILES string of the molecule is Cc1ccc(N2CCN(C(=O)c3cc(S(C)(=O)=O)ccc3OC(C)C(F)(F)F)CC2)nc1. The number of hydrogen-bond donors (Lipinski definition) is 0. The fourth-order valence-corrected chi connectivity index (χ4v) is 3.87. The first-order chi connectivity index (χ1) is 14.9. The molecule has 1 aliphatic heterocycles. The fourth-order valence-electron chi connectivity index (χ4n) is 3.22. The van der Waals surface area contributed by atoms with Gasteiger partial charge in [0.2, 0.25) is 0 Å². The Hall–Kier alpha value is -2.82. The van der Waals surface area contributed by atoms with E-state index in [1.54, 1.807) is 6.20 Å². The highest BCUT2D eigenvalue weighted by Gasteiger charge is 2.39. The molecule has 2 heterocycles. The third kappa shape index (κ3) is 5.50. The van der Waals surface area contributed by atoms with Crippen molar-refractivity contribution in [1.82, 2.24) is 9.88 Å². The van der Waals surface area contributed by atoms with E-state index in [4.69, 9.17) is 4.74 Å². The van der Waals surface area contributed by atoms with Gasteiger partial charge in [-0.15, -0.1) is 0 Å². The van der Waals surface area contributed by atoms with E-state index < -0.39 is 28.0 Å². The maximum absolute atomic E-state index is 13.2. The molecule has 1 unspecified atom stereocenters. The zero-order valence-corrected chi connectivity index (χ0v) is 18.7. The first-order valence-corrected chi connectivity index (χ1v) is 11.8. The van der Waals surface area contributed by atoms with Gasteiger partial charge in [0.15, 0.2) is 15.9 Å². The Morgan fingerprint density at radius 2 is 1.78 bits per heavy atom. The highest BCUT2D eigenvalue weighted by atomic mass is 32.2. The minimum absolute atomic E-state index is 0.171. The number of carbonyl (C=O) groups is 1. The van der Waals surface area contributed by atoms with Gasteiger partial charge >= 0.3 is 6.18 Å². The predicted octanol–water partition coefficient (Wildman–Crippen LogP) is 3.09. The lowest BCUT2D eigenvalue weighted by atomic mass is 10.1. The molecule has 1 aliphatic rings. The summed E-state index contributed by atoms with van der Waals surface area (Å²) in [5.74, 6) is -0.129. The van der Waals surface area contributed by atoms with E-state index in [1.807, 2.05) is 24.0 Å². The Morgan fingerprint density at radius 3 is 2.31 bits per heavy atom. The van der Waals surface area contributed by atoms with E-state index in [1.165, 1.54) is 4.90 Å². The van der Waals surface area contributed by atoms with Gasteiger partial charge in [-0.1, -0.05) is 6.07 Å². The molecule has 1 saturated heterocycles. The van der Waals surface area contributed by atoms with E-state index in [0.29, 0.717) is 26.2 Å². The number of nitrogens with zero attached hydrogens (tertiary/aromatic N) is 3. The second-order valence-electron chi connectivity index (χ2n) is 7.70. The lowest BCUT2D eigenvalue weighted by Crippen LogP contribution is -2.49. The number of aryl methyl sites for hydroxylation is 1. The van der Waals surface area contributed by atoms with Gasteiger partial charge in [-0.25, -0.2) is 13.4 Å². The topological polar surface area (TPSA) is 79.8 Å². The number of ether oxygens (including phenoxy) is 1. The highest BCUT2D eigenvalue weighted by molar-refractivity contribution is 7.90. The Morgan fingerprint density at radius 1 is 1.12 bits per heavy atom. The average molecular weight is 472 g/mol. The quantitative estimate of drug-likeness (QED) is 0.667. The molecule has 0 N–H and O–H groups in total. The highest BCUT2D eigenvalue weighted by Crippen LogP contribution is 2.30. The summed E-state index contributed by atoms with van der Waals surface area (Å²) in [5, 5.41) is 0. The van der Waals surface area contributed by atoms with Gasteiger partial charge in [0.1, 0.15) is 11.6 Å². The van der Waals surface area contributed by atoms with Crippen molar-refractivity contribution in [3.8, 4) is 5.75 Å². The number of benzene rings is 1. The van der Waals surface area contributed by atoms with Gasteiger partial charge in [-0.3, -0.25) is 4.79 Å². The zero-order chi connectivity index (χ0) is 23.7. The number of pyridine rings is 1. The smallest absolute Gasteiger partial charge is 0.425 e. The molecule has 1 aromatic heterocycles. The molecule has 1 fully saturated rings. The van der Waals surface area contributed by atoms with Gasteiger partial charge in [-0.2, -0.15) is 13.2 Å². The standard InChI is InChI=1S/C21H24F3N3O4S/c1-14-4-7-19(25-13-14)26-8-10-27(11-9-26)20(28)17-12-16(32(3,29)30)5-6-18(17)31-15(2)21(22,23)24/h4-7,12-13,15H,8-11H2,1-3H3. The van der Waals surface area contributed by atoms with Crippen molar-refractivity contribution in [2.45, 2.75) is 31.0 Å². The normalized spacial score (nSPS) is 16.1. The lowest BCUT2D eigenvalue weighted by Gasteiger charge is -2.35. The summed E-state index contributed by atoms with van der Waals surface area (Å²) >= 11 is 0. The van der Waals surface area contributed by atoms with Crippen molar-refractivity contribution >= 4 is 21.6 Å². The van der Waals surface area contributed by atoms with E-state index in [2.05, 4.69) is 4.98 Å². The number of rotatable bonds is 5. The number of sulfone groups is 1. The van der Waals surface area contributed by atoms with Crippen LogP contribution in [0.2, 0.25) is 0 Å². The number of alkyl halides is 3. The van der Waals surface area contributed by atoms with E-state index in [-0.39, 0.29) is 16.2 Å². The summed E-state index contributed by atoms with van der Waals surface area (Å²) in [4.78, 5) is 20.8. The lowest BCUT2D eigenvalue weighted by molar-refractivity contribution is -0.189. The van der Waals surface area contributed by atoms with Crippen LogP contribution in [0.3, 0.4) is 0 Å². The minimum atomic E-state index is -4.64. The van der Waals surface area contributed by atoms with Crippen LogP contribution in [0.15, 0.2) is 41.4 Å². The molecule has 0 spiro atoms. The molecule has 0 bridgehead atoms. The van der Waals surface area contributed by atoms with Crippen LogP contribution >= 0.6 is 0 Å². The Labute approximate surface area is 184 Å². The minimum Gasteiger partial charge on any atom is -0.480 e. The summed E-state index contributed by atoms with van der Waals surface area (Å²) in [7, 11) is -3.68. The van der Waals surface area contributed by atoms with E-state index in [9.17, 15) is 26.4 Å². The molecule has 2 aromatic rings. The Balaban J connectivity index is 1.83. The van der Waals surface area contributed by atoms with Crippen molar-refractivity contribution in [2.24, 2.45) is 0 Å². The van der Waals surface area contributed by atoms with Gasteiger partial charge in [0, 0.05) is 38.6 Å². The summed E-state index contributed by atoms with van der Waals surface area (Å²) < 4.78 is 67.9. The Kier molecular flexibility index (Phi) is 6.68. The third-order valence-corrected chi connectivity index (χ3v) is 6.27.